The molecule has 0 radical (unpaired) electrons. The van der Waals surface area contributed by atoms with Gasteiger partial charge in [-0.05, 0) is 42.7 Å². The summed E-state index contributed by atoms with van der Waals surface area (Å²) in [6.07, 6.45) is 3.24. The SMILES string of the molecule is COc1c(C(=O)NC(CO)C(C)C)ccc(N)c1C(=N)/C=C/c1cccc(C(C)=O)c1. The Labute approximate surface area is 182 Å². The molecule has 7 heteroatoms. The van der Waals surface area contributed by atoms with Crippen LogP contribution < -0.4 is 15.8 Å². The number of anilines is 1. The number of nitrogen functional groups attached to an aromatic ring is 1. The average molecular weight is 424 g/mol. The van der Waals surface area contributed by atoms with Crippen molar-refractivity contribution in [1.29, 1.82) is 5.41 Å². The number of carbonyl (C=O) groups is 2. The monoisotopic (exact) mass is 423 g/mol. The molecule has 164 valence electrons. The Bertz CT molecular complexity index is 1010. The number of nitrogens with two attached hydrogens (primary N) is 1. The molecule has 2 rings (SSSR count). The zero-order valence-corrected chi connectivity index (χ0v) is 18.2. The maximum atomic E-state index is 12.8. The lowest BCUT2D eigenvalue weighted by Crippen LogP contribution is -2.41. The summed E-state index contributed by atoms with van der Waals surface area (Å²) in [6, 6.07) is 9.73. The first-order valence-electron chi connectivity index (χ1n) is 9.95. The third-order valence-electron chi connectivity index (χ3n) is 4.96. The molecular weight excluding hydrogens is 394 g/mol. The van der Waals surface area contributed by atoms with Gasteiger partial charge in [0.05, 0.1) is 36.6 Å². The van der Waals surface area contributed by atoms with Gasteiger partial charge in [-0.15, -0.1) is 0 Å². The molecule has 5 N–H and O–H groups in total. The van der Waals surface area contributed by atoms with Crippen molar-refractivity contribution in [2.24, 2.45) is 5.92 Å². The van der Waals surface area contributed by atoms with Crippen molar-refractivity contribution in [1.82, 2.24) is 5.32 Å². The van der Waals surface area contributed by atoms with Crippen molar-refractivity contribution in [2.45, 2.75) is 26.8 Å². The third kappa shape index (κ3) is 5.79. The van der Waals surface area contributed by atoms with Crippen molar-refractivity contribution in [3.63, 3.8) is 0 Å². The molecule has 0 aliphatic rings. The van der Waals surface area contributed by atoms with Crippen LogP contribution in [-0.2, 0) is 0 Å². The van der Waals surface area contributed by atoms with E-state index in [9.17, 15) is 14.7 Å². The van der Waals surface area contributed by atoms with E-state index in [2.05, 4.69) is 5.32 Å². The number of benzene rings is 2. The molecule has 1 unspecified atom stereocenters. The summed E-state index contributed by atoms with van der Waals surface area (Å²) in [5, 5.41) is 20.8. The molecular formula is C24H29N3O4. The van der Waals surface area contributed by atoms with Crippen molar-refractivity contribution in [3.05, 3.63) is 64.7 Å². The van der Waals surface area contributed by atoms with Gasteiger partial charge < -0.3 is 26.3 Å². The molecule has 0 bridgehead atoms. The zero-order valence-electron chi connectivity index (χ0n) is 18.2. The molecule has 0 fully saturated rings. The summed E-state index contributed by atoms with van der Waals surface area (Å²) in [6.45, 7) is 5.10. The van der Waals surface area contributed by atoms with Crippen LogP contribution in [0.1, 0.15) is 52.6 Å². The lowest BCUT2D eigenvalue weighted by Gasteiger charge is -2.21. The minimum atomic E-state index is -0.420. The second-order valence-corrected chi connectivity index (χ2v) is 7.55. The maximum Gasteiger partial charge on any atom is 0.255 e. The van der Waals surface area contributed by atoms with Gasteiger partial charge in [0.2, 0.25) is 0 Å². The van der Waals surface area contributed by atoms with E-state index >= 15 is 0 Å². The van der Waals surface area contributed by atoms with E-state index in [1.165, 1.54) is 20.1 Å². The Morgan fingerprint density at radius 1 is 1.26 bits per heavy atom. The molecule has 31 heavy (non-hydrogen) atoms. The van der Waals surface area contributed by atoms with Crippen LogP contribution in [0.4, 0.5) is 5.69 Å². The highest BCUT2D eigenvalue weighted by Gasteiger charge is 2.23. The van der Waals surface area contributed by atoms with Crippen molar-refractivity contribution in [3.8, 4) is 5.75 Å². The standard InChI is InChI=1S/C24H29N3O4/c1-14(2)21(13-28)27-24(30)18-9-11-20(26)22(23(18)31-4)19(25)10-8-16-6-5-7-17(12-16)15(3)29/h5-12,14,21,25,28H,13,26H2,1-4H3,(H,27,30)/b10-8+,25-19?. The normalized spacial score (nSPS) is 12.1. The number of aliphatic hydroxyl groups is 1. The van der Waals surface area contributed by atoms with Crippen LogP contribution in [-0.4, -0.2) is 42.3 Å². The van der Waals surface area contributed by atoms with Crippen LogP contribution in [0, 0.1) is 11.3 Å². The first kappa shape index (κ1) is 23.8. The molecule has 1 atom stereocenters. The minimum Gasteiger partial charge on any atom is -0.495 e. The van der Waals surface area contributed by atoms with Crippen molar-refractivity contribution < 1.29 is 19.4 Å². The predicted octanol–water partition coefficient (Wildman–Crippen LogP) is 3.31. The van der Waals surface area contributed by atoms with E-state index in [4.69, 9.17) is 15.9 Å². The molecule has 1 amide bonds. The Balaban J connectivity index is 2.38. The lowest BCUT2D eigenvalue weighted by atomic mass is 9.99. The van der Waals surface area contributed by atoms with Gasteiger partial charge in [-0.2, -0.15) is 0 Å². The highest BCUT2D eigenvalue weighted by Crippen LogP contribution is 2.30. The molecule has 0 aromatic heterocycles. The number of amides is 1. The largest absolute Gasteiger partial charge is 0.495 e. The van der Waals surface area contributed by atoms with Crippen LogP contribution in [0.25, 0.3) is 6.08 Å². The number of allylic oxidation sites excluding steroid dienone is 1. The number of ether oxygens (including phenoxy) is 1. The Hall–Kier alpha value is -3.45. The molecule has 0 aliphatic carbocycles. The van der Waals surface area contributed by atoms with Crippen molar-refractivity contribution >= 4 is 29.2 Å². The molecule has 2 aromatic carbocycles. The van der Waals surface area contributed by atoms with Gasteiger partial charge in [-0.3, -0.25) is 9.59 Å². The summed E-state index contributed by atoms with van der Waals surface area (Å²) in [5.41, 5.74) is 8.30. The van der Waals surface area contributed by atoms with Crippen LogP contribution in [0.3, 0.4) is 0 Å². The van der Waals surface area contributed by atoms with E-state index < -0.39 is 11.9 Å². The van der Waals surface area contributed by atoms with E-state index in [0.717, 1.165) is 5.56 Å². The van der Waals surface area contributed by atoms with Gasteiger partial charge in [-0.25, -0.2) is 0 Å². The van der Waals surface area contributed by atoms with Crippen molar-refractivity contribution in [2.75, 3.05) is 19.5 Å². The number of Topliss-reactive ketones (excluding diaryl/α,β-unsaturated/α-hetero) is 1. The van der Waals surface area contributed by atoms with Gasteiger partial charge in [0.1, 0.15) is 5.75 Å². The van der Waals surface area contributed by atoms with Gasteiger partial charge >= 0.3 is 0 Å². The second kappa shape index (κ2) is 10.5. The van der Waals surface area contributed by atoms with Gasteiger partial charge in [0.15, 0.2) is 5.78 Å². The molecule has 7 nitrogen and oxygen atoms in total. The van der Waals surface area contributed by atoms with Crippen LogP contribution in [0.15, 0.2) is 42.5 Å². The molecule has 0 aliphatic heterocycles. The van der Waals surface area contributed by atoms with E-state index in [0.29, 0.717) is 16.8 Å². The fourth-order valence-electron chi connectivity index (χ4n) is 3.06. The molecule has 2 aromatic rings. The van der Waals surface area contributed by atoms with Crippen LogP contribution in [0.5, 0.6) is 5.75 Å². The number of aliphatic hydroxyl groups excluding tert-OH is 1. The van der Waals surface area contributed by atoms with E-state index in [1.807, 2.05) is 19.9 Å². The fraction of sp³-hybridized carbons (Fsp3) is 0.292. The van der Waals surface area contributed by atoms with Crippen LogP contribution in [0.2, 0.25) is 0 Å². The van der Waals surface area contributed by atoms with Gasteiger partial charge in [-0.1, -0.05) is 38.1 Å². The summed E-state index contributed by atoms with van der Waals surface area (Å²) >= 11 is 0. The number of ketones is 1. The molecule has 0 spiro atoms. The zero-order chi connectivity index (χ0) is 23.1. The molecule has 0 saturated heterocycles. The second-order valence-electron chi connectivity index (χ2n) is 7.55. The number of nitrogens with one attached hydrogen (secondary N) is 2. The van der Waals surface area contributed by atoms with Crippen LogP contribution >= 0.6 is 0 Å². The molecule has 0 saturated carbocycles. The lowest BCUT2D eigenvalue weighted by molar-refractivity contribution is 0.0893. The Kier molecular flexibility index (Phi) is 8.10. The Morgan fingerprint density at radius 3 is 2.55 bits per heavy atom. The summed E-state index contributed by atoms with van der Waals surface area (Å²) in [5.74, 6) is -0.236. The number of rotatable bonds is 9. The van der Waals surface area contributed by atoms with E-state index in [-0.39, 0.29) is 35.3 Å². The number of hydrogen-bond donors (Lipinski definition) is 4. The number of methoxy groups -OCH3 is 1. The molecule has 0 heterocycles. The predicted molar refractivity (Wildman–Crippen MR) is 123 cm³/mol. The first-order valence-corrected chi connectivity index (χ1v) is 9.95. The Morgan fingerprint density at radius 2 is 1.97 bits per heavy atom. The van der Waals surface area contributed by atoms with E-state index in [1.54, 1.807) is 36.4 Å². The number of hydrogen-bond acceptors (Lipinski definition) is 6. The number of carbonyl (C=O) groups excluding carboxylic acids is 2. The maximum absolute atomic E-state index is 12.8. The summed E-state index contributed by atoms with van der Waals surface area (Å²) in [7, 11) is 1.41. The topological polar surface area (TPSA) is 126 Å². The summed E-state index contributed by atoms with van der Waals surface area (Å²) < 4.78 is 5.46. The quantitative estimate of drug-likeness (QED) is 0.280. The minimum absolute atomic E-state index is 0.0418. The third-order valence-corrected chi connectivity index (χ3v) is 4.96. The average Bonchev–Trinajstić information content (AvgIpc) is 2.75. The first-order chi connectivity index (χ1) is 14.7. The smallest absolute Gasteiger partial charge is 0.255 e. The fourth-order valence-corrected chi connectivity index (χ4v) is 3.06. The van der Waals surface area contributed by atoms with Gasteiger partial charge in [0.25, 0.3) is 5.91 Å². The highest BCUT2D eigenvalue weighted by atomic mass is 16.5. The highest BCUT2D eigenvalue weighted by molar-refractivity contribution is 6.15. The van der Waals surface area contributed by atoms with Gasteiger partial charge in [0, 0.05) is 11.3 Å². The summed E-state index contributed by atoms with van der Waals surface area (Å²) in [4.78, 5) is 24.4.